The fourth-order valence-electron chi connectivity index (χ4n) is 3.91. The van der Waals surface area contributed by atoms with Crippen molar-refractivity contribution in [3.05, 3.63) is 28.8 Å². The molecule has 2 atom stereocenters. The molecule has 2 unspecified atom stereocenters. The van der Waals surface area contributed by atoms with Crippen LogP contribution >= 0.6 is 0 Å². The Morgan fingerprint density at radius 2 is 2.05 bits per heavy atom. The monoisotopic (exact) mass is 261 g/mol. The first-order valence-electron chi connectivity index (χ1n) is 7.18. The third-order valence-electron chi connectivity index (χ3n) is 4.90. The van der Waals surface area contributed by atoms with E-state index in [-0.39, 0.29) is 0 Å². The summed E-state index contributed by atoms with van der Waals surface area (Å²) in [7, 11) is 1.70. The van der Waals surface area contributed by atoms with Gasteiger partial charge in [0.1, 0.15) is 11.4 Å². The summed E-state index contributed by atoms with van der Waals surface area (Å²) in [6, 6.07) is 4.48. The maximum atomic E-state index is 11.2. The third-order valence-corrected chi connectivity index (χ3v) is 4.90. The first-order valence-corrected chi connectivity index (χ1v) is 7.18. The van der Waals surface area contributed by atoms with Gasteiger partial charge in [-0.3, -0.25) is 4.90 Å². The predicted octanol–water partition coefficient (Wildman–Crippen LogP) is 2.37. The van der Waals surface area contributed by atoms with Gasteiger partial charge in [-0.2, -0.15) is 0 Å². The average Bonchev–Trinajstić information content (AvgIpc) is 2.97. The maximum Gasteiger partial charge on any atom is 0.122 e. The number of hydrogen-bond acceptors (Lipinski definition) is 3. The minimum absolute atomic E-state index is 0.305. The van der Waals surface area contributed by atoms with Crippen molar-refractivity contribution in [2.75, 3.05) is 20.2 Å². The first kappa shape index (κ1) is 12.9. The highest BCUT2D eigenvalue weighted by Gasteiger charge is 2.49. The summed E-state index contributed by atoms with van der Waals surface area (Å²) in [6.07, 6.45) is 3.17. The van der Waals surface area contributed by atoms with E-state index < -0.39 is 5.60 Å². The standard InChI is InChI=1S/C16H23NO2/c1-11-10-14(19-3)12(2)9-13(11)16(18)6-8-17-7-4-5-15(16)17/h9-10,15,18H,4-8H2,1-3H3. The first-order chi connectivity index (χ1) is 9.06. The molecule has 2 fully saturated rings. The minimum atomic E-state index is -0.669. The lowest BCUT2D eigenvalue weighted by atomic mass is 9.82. The summed E-state index contributed by atoms with van der Waals surface area (Å²) in [5, 5.41) is 11.2. The molecule has 3 rings (SSSR count). The Balaban J connectivity index is 2.04. The van der Waals surface area contributed by atoms with Gasteiger partial charge in [-0.25, -0.2) is 0 Å². The molecule has 0 spiro atoms. The lowest BCUT2D eigenvalue weighted by Crippen LogP contribution is -2.39. The molecule has 1 aromatic carbocycles. The van der Waals surface area contributed by atoms with Crippen LogP contribution in [0.25, 0.3) is 0 Å². The van der Waals surface area contributed by atoms with Gasteiger partial charge in [0, 0.05) is 12.6 Å². The number of fused-ring (bicyclic) bond motifs is 1. The summed E-state index contributed by atoms with van der Waals surface area (Å²) in [5.41, 5.74) is 2.67. The Bertz CT molecular complexity index is 500. The average molecular weight is 261 g/mol. The molecule has 2 heterocycles. The molecule has 0 amide bonds. The zero-order valence-corrected chi connectivity index (χ0v) is 12.1. The van der Waals surface area contributed by atoms with Gasteiger partial charge in [0.2, 0.25) is 0 Å². The number of ether oxygens (including phenoxy) is 1. The highest BCUT2D eigenvalue weighted by Crippen LogP contribution is 2.44. The molecule has 3 heteroatoms. The smallest absolute Gasteiger partial charge is 0.122 e. The van der Waals surface area contributed by atoms with Crippen LogP contribution in [0.1, 0.15) is 36.0 Å². The Hall–Kier alpha value is -1.06. The molecule has 1 N–H and O–H groups in total. The van der Waals surface area contributed by atoms with Gasteiger partial charge in [-0.05, 0) is 68.5 Å². The van der Waals surface area contributed by atoms with E-state index in [2.05, 4.69) is 24.0 Å². The third kappa shape index (κ3) is 1.87. The Kier molecular flexibility index (Phi) is 3.06. The van der Waals surface area contributed by atoms with Crippen LogP contribution in [0.4, 0.5) is 0 Å². The normalized spacial score (nSPS) is 30.6. The summed E-state index contributed by atoms with van der Waals surface area (Å²) in [5.74, 6) is 0.908. The summed E-state index contributed by atoms with van der Waals surface area (Å²) >= 11 is 0. The van der Waals surface area contributed by atoms with Crippen molar-refractivity contribution in [3.63, 3.8) is 0 Å². The van der Waals surface area contributed by atoms with Crippen LogP contribution in [0.2, 0.25) is 0 Å². The van der Waals surface area contributed by atoms with Crippen molar-refractivity contribution < 1.29 is 9.84 Å². The van der Waals surface area contributed by atoms with Crippen LogP contribution in [-0.4, -0.2) is 36.2 Å². The Morgan fingerprint density at radius 3 is 2.79 bits per heavy atom. The van der Waals surface area contributed by atoms with Crippen LogP contribution < -0.4 is 4.74 Å². The predicted molar refractivity (Wildman–Crippen MR) is 75.6 cm³/mol. The number of aryl methyl sites for hydroxylation is 2. The van der Waals surface area contributed by atoms with Gasteiger partial charge < -0.3 is 9.84 Å². The van der Waals surface area contributed by atoms with Crippen LogP contribution in [0, 0.1) is 13.8 Å². The topological polar surface area (TPSA) is 32.7 Å². The van der Waals surface area contributed by atoms with Crippen molar-refractivity contribution in [2.24, 2.45) is 0 Å². The van der Waals surface area contributed by atoms with E-state index in [9.17, 15) is 5.11 Å². The van der Waals surface area contributed by atoms with Crippen molar-refractivity contribution >= 4 is 0 Å². The van der Waals surface area contributed by atoms with E-state index in [0.717, 1.165) is 48.4 Å². The second-order valence-corrected chi connectivity index (χ2v) is 6.01. The zero-order chi connectivity index (χ0) is 13.6. The van der Waals surface area contributed by atoms with E-state index >= 15 is 0 Å². The van der Waals surface area contributed by atoms with Crippen LogP contribution in [0.15, 0.2) is 12.1 Å². The number of methoxy groups -OCH3 is 1. The Morgan fingerprint density at radius 1 is 1.26 bits per heavy atom. The highest BCUT2D eigenvalue weighted by atomic mass is 16.5. The molecule has 2 saturated heterocycles. The molecular formula is C16H23NO2. The summed E-state index contributed by atoms with van der Waals surface area (Å²) in [4.78, 5) is 2.44. The molecule has 19 heavy (non-hydrogen) atoms. The van der Waals surface area contributed by atoms with Crippen LogP contribution in [0.5, 0.6) is 5.75 Å². The fourth-order valence-corrected chi connectivity index (χ4v) is 3.91. The molecule has 0 bridgehead atoms. The Labute approximate surface area is 115 Å². The molecule has 0 aromatic heterocycles. The SMILES string of the molecule is COc1cc(C)c(C2(O)CCN3CCCC32)cc1C. The molecule has 0 aliphatic carbocycles. The van der Waals surface area contributed by atoms with Gasteiger partial charge in [0.15, 0.2) is 0 Å². The van der Waals surface area contributed by atoms with Crippen LogP contribution in [-0.2, 0) is 5.60 Å². The van der Waals surface area contributed by atoms with E-state index in [1.165, 1.54) is 6.42 Å². The van der Waals surface area contributed by atoms with Gasteiger partial charge in [0.25, 0.3) is 0 Å². The molecule has 1 aromatic rings. The number of hydrogen-bond donors (Lipinski definition) is 1. The number of nitrogens with zero attached hydrogens (tertiary/aromatic N) is 1. The van der Waals surface area contributed by atoms with E-state index in [1.807, 2.05) is 6.92 Å². The van der Waals surface area contributed by atoms with E-state index in [4.69, 9.17) is 4.74 Å². The fraction of sp³-hybridized carbons (Fsp3) is 0.625. The van der Waals surface area contributed by atoms with Gasteiger partial charge in [-0.15, -0.1) is 0 Å². The van der Waals surface area contributed by atoms with E-state index in [1.54, 1.807) is 7.11 Å². The molecule has 2 aliphatic rings. The van der Waals surface area contributed by atoms with Gasteiger partial charge in [-0.1, -0.05) is 0 Å². The summed E-state index contributed by atoms with van der Waals surface area (Å²) < 4.78 is 5.37. The molecule has 3 nitrogen and oxygen atoms in total. The zero-order valence-electron chi connectivity index (χ0n) is 12.1. The summed E-state index contributed by atoms with van der Waals surface area (Å²) in [6.45, 7) is 6.28. The number of benzene rings is 1. The quantitative estimate of drug-likeness (QED) is 0.887. The van der Waals surface area contributed by atoms with E-state index in [0.29, 0.717) is 6.04 Å². The molecule has 0 saturated carbocycles. The molecule has 2 aliphatic heterocycles. The lowest BCUT2D eigenvalue weighted by molar-refractivity contribution is 0.00874. The maximum absolute atomic E-state index is 11.2. The second-order valence-electron chi connectivity index (χ2n) is 6.01. The van der Waals surface area contributed by atoms with Gasteiger partial charge in [0.05, 0.1) is 7.11 Å². The molecule has 104 valence electrons. The van der Waals surface area contributed by atoms with Crippen molar-refractivity contribution in [3.8, 4) is 5.75 Å². The number of aliphatic hydroxyl groups is 1. The van der Waals surface area contributed by atoms with Crippen molar-refractivity contribution in [2.45, 2.75) is 44.8 Å². The largest absolute Gasteiger partial charge is 0.496 e. The molecule has 0 radical (unpaired) electrons. The second kappa shape index (κ2) is 4.50. The highest BCUT2D eigenvalue weighted by molar-refractivity contribution is 5.45. The van der Waals surface area contributed by atoms with Crippen molar-refractivity contribution in [1.82, 2.24) is 4.90 Å². The van der Waals surface area contributed by atoms with Crippen molar-refractivity contribution in [1.29, 1.82) is 0 Å². The number of rotatable bonds is 2. The lowest BCUT2D eigenvalue weighted by Gasteiger charge is -2.32. The minimum Gasteiger partial charge on any atom is -0.496 e. The van der Waals surface area contributed by atoms with Crippen LogP contribution in [0.3, 0.4) is 0 Å². The molecular weight excluding hydrogens is 238 g/mol. The van der Waals surface area contributed by atoms with Gasteiger partial charge >= 0.3 is 0 Å².